The predicted molar refractivity (Wildman–Crippen MR) is 84.8 cm³/mol. The summed E-state index contributed by atoms with van der Waals surface area (Å²) in [7, 11) is 0. The first kappa shape index (κ1) is 17.5. The van der Waals surface area contributed by atoms with Gasteiger partial charge in [0.15, 0.2) is 0 Å². The fraction of sp³-hybridized carbons (Fsp3) is 0.588. The van der Waals surface area contributed by atoms with E-state index < -0.39 is 11.5 Å². The van der Waals surface area contributed by atoms with E-state index >= 15 is 0 Å². The Balaban J connectivity index is 2.67. The summed E-state index contributed by atoms with van der Waals surface area (Å²) in [4.78, 5) is 10.9. The minimum atomic E-state index is -1.19. The van der Waals surface area contributed by atoms with Gasteiger partial charge in [-0.1, -0.05) is 38.5 Å². The topological polar surface area (TPSA) is 72.5 Å². The molecule has 0 heterocycles. The molecule has 3 N–H and O–H groups in total. The van der Waals surface area contributed by atoms with E-state index in [4.69, 9.17) is 15.6 Å². The lowest BCUT2D eigenvalue weighted by atomic mass is 9.85. The van der Waals surface area contributed by atoms with Crippen LogP contribution in [0.2, 0.25) is 0 Å². The number of benzene rings is 1. The van der Waals surface area contributed by atoms with E-state index in [9.17, 15) is 4.79 Å². The summed E-state index contributed by atoms with van der Waals surface area (Å²) in [6, 6.07) is 6.14. The van der Waals surface area contributed by atoms with Gasteiger partial charge >= 0.3 is 5.97 Å². The molecule has 1 aromatic carbocycles. The van der Waals surface area contributed by atoms with Gasteiger partial charge in [0.2, 0.25) is 0 Å². The molecule has 0 aliphatic carbocycles. The number of nitrogens with two attached hydrogens (primary N) is 1. The highest BCUT2D eigenvalue weighted by molar-refractivity contribution is 5.77. The van der Waals surface area contributed by atoms with Crippen molar-refractivity contribution in [2.45, 2.75) is 58.4 Å². The van der Waals surface area contributed by atoms with Crippen LogP contribution in [0.1, 0.15) is 51.7 Å². The zero-order chi connectivity index (χ0) is 16.3. The van der Waals surface area contributed by atoms with Gasteiger partial charge in [-0.2, -0.15) is 0 Å². The Hall–Kier alpha value is -1.55. The minimum absolute atomic E-state index is 0.00476. The number of hydrogen-bond donors (Lipinski definition) is 2. The Kier molecular flexibility index (Phi) is 5.40. The molecule has 0 saturated carbocycles. The molecule has 0 aliphatic heterocycles. The number of carboxylic acids is 1. The average Bonchev–Trinajstić information content (AvgIpc) is 2.34. The molecule has 0 saturated heterocycles. The summed E-state index contributed by atoms with van der Waals surface area (Å²) in [5.41, 5.74) is 6.88. The van der Waals surface area contributed by atoms with Gasteiger partial charge in [-0.25, -0.2) is 0 Å². The molecule has 0 aliphatic rings. The van der Waals surface area contributed by atoms with Crippen molar-refractivity contribution < 1.29 is 14.6 Å². The number of carbonyl (C=O) groups is 1. The molecule has 1 rings (SSSR count). The van der Waals surface area contributed by atoms with E-state index in [2.05, 4.69) is 33.8 Å². The smallest absolute Gasteiger partial charge is 0.323 e. The standard InChI is InChI=1S/C17H27NO3/c1-12-7-8-14(13(11-12)16(2,3)4)21-10-6-9-17(5,18)15(19)20/h7-8,11H,6,9-10,18H2,1-5H3,(H,19,20). The molecule has 0 spiro atoms. The summed E-state index contributed by atoms with van der Waals surface area (Å²) in [5, 5.41) is 8.97. The van der Waals surface area contributed by atoms with Crippen molar-refractivity contribution in [3.8, 4) is 5.75 Å². The molecule has 21 heavy (non-hydrogen) atoms. The molecule has 0 fully saturated rings. The van der Waals surface area contributed by atoms with Crippen molar-refractivity contribution in [2.24, 2.45) is 5.73 Å². The fourth-order valence-electron chi connectivity index (χ4n) is 2.08. The van der Waals surface area contributed by atoms with Crippen LogP contribution in [0.25, 0.3) is 0 Å². The number of hydrogen-bond acceptors (Lipinski definition) is 3. The van der Waals surface area contributed by atoms with Crippen molar-refractivity contribution >= 4 is 5.97 Å². The van der Waals surface area contributed by atoms with Crippen molar-refractivity contribution in [1.29, 1.82) is 0 Å². The first-order valence-electron chi connectivity index (χ1n) is 7.30. The van der Waals surface area contributed by atoms with Crippen molar-refractivity contribution in [2.75, 3.05) is 6.61 Å². The lowest BCUT2D eigenvalue weighted by Crippen LogP contribution is -2.44. The SMILES string of the molecule is Cc1ccc(OCCCC(C)(N)C(=O)O)c(C(C)(C)C)c1. The lowest BCUT2D eigenvalue weighted by Gasteiger charge is -2.24. The number of carboxylic acid groups (broad SMARTS) is 1. The molecule has 0 radical (unpaired) electrons. The van der Waals surface area contributed by atoms with Crippen LogP contribution >= 0.6 is 0 Å². The van der Waals surface area contributed by atoms with Gasteiger partial charge < -0.3 is 15.6 Å². The second-order valence-electron chi connectivity index (χ2n) is 6.92. The molecule has 1 aromatic rings. The second-order valence-corrected chi connectivity index (χ2v) is 6.92. The highest BCUT2D eigenvalue weighted by atomic mass is 16.5. The zero-order valence-electron chi connectivity index (χ0n) is 13.7. The van der Waals surface area contributed by atoms with Gasteiger partial charge in [0.1, 0.15) is 11.3 Å². The molecule has 0 aromatic heterocycles. The fourth-order valence-corrected chi connectivity index (χ4v) is 2.08. The van der Waals surface area contributed by atoms with Crippen LogP contribution in [-0.4, -0.2) is 23.2 Å². The van der Waals surface area contributed by atoms with Gasteiger partial charge in [0.25, 0.3) is 0 Å². The van der Waals surface area contributed by atoms with Gasteiger partial charge in [-0.15, -0.1) is 0 Å². The zero-order valence-corrected chi connectivity index (χ0v) is 13.7. The number of aryl methyl sites for hydroxylation is 1. The van der Waals surface area contributed by atoms with Crippen LogP contribution in [0.15, 0.2) is 18.2 Å². The number of aliphatic carboxylic acids is 1. The van der Waals surface area contributed by atoms with Crippen LogP contribution in [0.3, 0.4) is 0 Å². The molecule has 0 amide bonds. The van der Waals surface area contributed by atoms with Crippen molar-refractivity contribution in [1.82, 2.24) is 0 Å². The summed E-state index contributed by atoms with van der Waals surface area (Å²) in [6.45, 7) is 10.5. The molecular weight excluding hydrogens is 266 g/mol. The molecule has 118 valence electrons. The van der Waals surface area contributed by atoms with Crippen LogP contribution in [0.5, 0.6) is 5.75 Å². The van der Waals surface area contributed by atoms with Crippen molar-refractivity contribution in [3.63, 3.8) is 0 Å². The molecule has 0 bridgehead atoms. The summed E-state index contributed by atoms with van der Waals surface area (Å²) in [6.07, 6.45) is 0.996. The normalized spacial score (nSPS) is 14.6. The third-order valence-corrected chi connectivity index (χ3v) is 3.53. The molecule has 4 nitrogen and oxygen atoms in total. The van der Waals surface area contributed by atoms with Crippen LogP contribution in [0, 0.1) is 6.92 Å². The minimum Gasteiger partial charge on any atom is -0.493 e. The van der Waals surface area contributed by atoms with Crippen LogP contribution < -0.4 is 10.5 Å². The largest absolute Gasteiger partial charge is 0.493 e. The number of ether oxygens (including phenoxy) is 1. The third-order valence-electron chi connectivity index (χ3n) is 3.53. The van der Waals surface area contributed by atoms with Crippen molar-refractivity contribution in [3.05, 3.63) is 29.3 Å². The summed E-state index contributed by atoms with van der Waals surface area (Å²) < 4.78 is 5.85. The summed E-state index contributed by atoms with van der Waals surface area (Å²) >= 11 is 0. The van der Waals surface area contributed by atoms with E-state index in [-0.39, 0.29) is 5.41 Å². The van der Waals surface area contributed by atoms with Crippen LogP contribution in [0.4, 0.5) is 0 Å². The average molecular weight is 293 g/mol. The van der Waals surface area contributed by atoms with Gasteiger partial charge in [-0.3, -0.25) is 4.79 Å². The second kappa shape index (κ2) is 6.48. The first-order valence-corrected chi connectivity index (χ1v) is 7.30. The maximum atomic E-state index is 10.9. The Bertz CT molecular complexity index is 501. The highest BCUT2D eigenvalue weighted by Crippen LogP contribution is 2.32. The molecule has 1 atom stereocenters. The maximum Gasteiger partial charge on any atom is 0.323 e. The quantitative estimate of drug-likeness (QED) is 0.790. The lowest BCUT2D eigenvalue weighted by molar-refractivity contribution is -0.142. The highest BCUT2D eigenvalue weighted by Gasteiger charge is 2.27. The maximum absolute atomic E-state index is 10.9. The van der Waals surface area contributed by atoms with E-state index in [0.717, 1.165) is 11.3 Å². The van der Waals surface area contributed by atoms with E-state index in [1.54, 1.807) is 0 Å². The Labute approximate surface area is 127 Å². The van der Waals surface area contributed by atoms with Gasteiger partial charge in [-0.05, 0) is 43.7 Å². The third kappa shape index (κ3) is 5.05. The molecular formula is C17H27NO3. The monoisotopic (exact) mass is 293 g/mol. The Morgan fingerprint density at radius 2 is 1.90 bits per heavy atom. The summed E-state index contributed by atoms with van der Waals surface area (Å²) in [5.74, 6) is -0.115. The molecule has 4 heteroatoms. The Morgan fingerprint density at radius 3 is 2.43 bits per heavy atom. The van der Waals surface area contributed by atoms with E-state index in [0.29, 0.717) is 19.4 Å². The van der Waals surface area contributed by atoms with E-state index in [1.165, 1.54) is 12.5 Å². The Morgan fingerprint density at radius 1 is 1.29 bits per heavy atom. The van der Waals surface area contributed by atoms with E-state index in [1.807, 2.05) is 12.1 Å². The van der Waals surface area contributed by atoms with Crippen LogP contribution in [-0.2, 0) is 10.2 Å². The van der Waals surface area contributed by atoms with Gasteiger partial charge in [0, 0.05) is 0 Å². The number of rotatable bonds is 6. The molecule has 1 unspecified atom stereocenters. The van der Waals surface area contributed by atoms with Gasteiger partial charge in [0.05, 0.1) is 6.61 Å². The first-order chi connectivity index (χ1) is 9.54. The predicted octanol–water partition coefficient (Wildman–Crippen LogP) is 3.25.